The van der Waals surface area contributed by atoms with E-state index in [-0.39, 0.29) is 5.82 Å². The van der Waals surface area contributed by atoms with Crippen LogP contribution in [0.25, 0.3) is 11.4 Å². The van der Waals surface area contributed by atoms with Crippen LogP contribution in [0.5, 0.6) is 0 Å². The molecule has 2 aromatic carbocycles. The number of benzene rings is 2. The summed E-state index contributed by atoms with van der Waals surface area (Å²) in [5.74, 6) is 1.67. The number of nitrogens with zero attached hydrogens (tertiary/aromatic N) is 3. The molecule has 0 atom stereocenters. The van der Waals surface area contributed by atoms with Gasteiger partial charge in [-0.05, 0) is 23.8 Å². The Morgan fingerprint density at radius 3 is 2.10 bits per heavy atom. The van der Waals surface area contributed by atoms with Gasteiger partial charge in [0.25, 0.3) is 0 Å². The van der Waals surface area contributed by atoms with Crippen LogP contribution in [0.2, 0.25) is 0 Å². The smallest absolute Gasteiger partial charge is 0.163 e. The molecule has 4 aromatic rings. The predicted molar refractivity (Wildman–Crippen MR) is 113 cm³/mol. The Bertz CT molecular complexity index is 1070. The standard InChI is InChI=1S/C23H20FN5/c24-20-9-5-4-8-19(20)16-27-22-14-21(26-15-17-10-12-25-13-11-17)28-23(29-22)18-6-2-1-3-7-18/h1-14H,15-16H2,(H2,26,27,28,29). The zero-order valence-electron chi connectivity index (χ0n) is 15.7. The second-order valence-corrected chi connectivity index (χ2v) is 6.48. The first-order chi connectivity index (χ1) is 14.3. The second kappa shape index (κ2) is 8.93. The first-order valence-corrected chi connectivity index (χ1v) is 9.32. The van der Waals surface area contributed by atoms with E-state index < -0.39 is 0 Å². The number of hydrogen-bond donors (Lipinski definition) is 2. The van der Waals surface area contributed by atoms with Gasteiger partial charge in [-0.25, -0.2) is 14.4 Å². The summed E-state index contributed by atoms with van der Waals surface area (Å²) in [5, 5.41) is 6.54. The maximum atomic E-state index is 13.9. The van der Waals surface area contributed by atoms with Gasteiger partial charge in [0.1, 0.15) is 17.5 Å². The lowest BCUT2D eigenvalue weighted by Gasteiger charge is -2.12. The van der Waals surface area contributed by atoms with E-state index in [1.165, 1.54) is 6.07 Å². The molecule has 0 amide bonds. The Morgan fingerprint density at radius 1 is 0.724 bits per heavy atom. The molecule has 0 aliphatic carbocycles. The van der Waals surface area contributed by atoms with Crippen molar-refractivity contribution in [1.29, 1.82) is 0 Å². The van der Waals surface area contributed by atoms with Crippen molar-refractivity contribution in [2.75, 3.05) is 10.6 Å². The normalized spacial score (nSPS) is 10.5. The first-order valence-electron chi connectivity index (χ1n) is 9.32. The first kappa shape index (κ1) is 18.6. The molecule has 0 saturated carbocycles. The van der Waals surface area contributed by atoms with Crippen LogP contribution in [0.1, 0.15) is 11.1 Å². The Balaban J connectivity index is 1.58. The van der Waals surface area contributed by atoms with Gasteiger partial charge in [0.2, 0.25) is 0 Å². The van der Waals surface area contributed by atoms with E-state index in [2.05, 4.69) is 25.6 Å². The van der Waals surface area contributed by atoms with Gasteiger partial charge in [0.15, 0.2) is 5.82 Å². The molecule has 144 valence electrons. The van der Waals surface area contributed by atoms with Crippen molar-refractivity contribution in [2.24, 2.45) is 0 Å². The summed E-state index contributed by atoms with van der Waals surface area (Å²) in [5.41, 5.74) is 2.59. The fraction of sp³-hybridized carbons (Fsp3) is 0.0870. The molecule has 0 aliphatic rings. The van der Waals surface area contributed by atoms with E-state index in [0.29, 0.717) is 36.1 Å². The number of rotatable bonds is 7. The molecule has 2 N–H and O–H groups in total. The molecule has 2 aromatic heterocycles. The maximum absolute atomic E-state index is 13.9. The zero-order chi connectivity index (χ0) is 19.9. The van der Waals surface area contributed by atoms with Crippen LogP contribution in [-0.2, 0) is 13.1 Å². The van der Waals surface area contributed by atoms with Crippen molar-refractivity contribution < 1.29 is 4.39 Å². The molecule has 29 heavy (non-hydrogen) atoms. The summed E-state index contributed by atoms with van der Waals surface area (Å²) in [6.45, 7) is 0.947. The van der Waals surface area contributed by atoms with E-state index in [4.69, 9.17) is 0 Å². The van der Waals surface area contributed by atoms with Gasteiger partial charge in [0.05, 0.1) is 0 Å². The lowest BCUT2D eigenvalue weighted by atomic mass is 10.2. The monoisotopic (exact) mass is 385 g/mol. The highest BCUT2D eigenvalue weighted by atomic mass is 19.1. The van der Waals surface area contributed by atoms with Gasteiger partial charge in [-0.15, -0.1) is 0 Å². The molecule has 0 unspecified atom stereocenters. The molecular formula is C23H20FN5. The average molecular weight is 385 g/mol. The number of hydrogen-bond acceptors (Lipinski definition) is 5. The zero-order valence-corrected chi connectivity index (χ0v) is 15.7. The lowest BCUT2D eigenvalue weighted by molar-refractivity contribution is 0.613. The molecule has 2 heterocycles. The molecule has 6 heteroatoms. The van der Waals surface area contributed by atoms with Crippen molar-refractivity contribution >= 4 is 11.6 Å². The fourth-order valence-corrected chi connectivity index (χ4v) is 2.87. The van der Waals surface area contributed by atoms with Crippen molar-refractivity contribution in [3.8, 4) is 11.4 Å². The minimum Gasteiger partial charge on any atom is -0.366 e. The van der Waals surface area contributed by atoms with Gasteiger partial charge in [-0.1, -0.05) is 48.5 Å². The molecule has 0 aliphatic heterocycles. The van der Waals surface area contributed by atoms with Crippen LogP contribution >= 0.6 is 0 Å². The van der Waals surface area contributed by atoms with E-state index in [1.54, 1.807) is 24.5 Å². The SMILES string of the molecule is Fc1ccccc1CNc1cc(NCc2ccncc2)nc(-c2ccccc2)n1. The number of aromatic nitrogens is 3. The molecule has 0 radical (unpaired) electrons. The van der Waals surface area contributed by atoms with Gasteiger partial charge in [-0.3, -0.25) is 4.98 Å². The predicted octanol–water partition coefficient (Wildman–Crippen LogP) is 4.90. The van der Waals surface area contributed by atoms with Crippen molar-refractivity contribution in [1.82, 2.24) is 15.0 Å². The lowest BCUT2D eigenvalue weighted by Crippen LogP contribution is -2.08. The van der Waals surface area contributed by atoms with E-state index in [9.17, 15) is 4.39 Å². The Kier molecular flexibility index (Phi) is 5.71. The highest BCUT2D eigenvalue weighted by Gasteiger charge is 2.08. The second-order valence-electron chi connectivity index (χ2n) is 6.48. The highest BCUT2D eigenvalue weighted by Crippen LogP contribution is 2.21. The minimum atomic E-state index is -0.242. The van der Waals surface area contributed by atoms with Crippen LogP contribution in [0, 0.1) is 5.82 Å². The van der Waals surface area contributed by atoms with Crippen LogP contribution in [0.4, 0.5) is 16.0 Å². The molecule has 0 bridgehead atoms. The summed E-state index contributed by atoms with van der Waals surface area (Å²) in [6, 6.07) is 22.2. The molecule has 0 saturated heterocycles. The topological polar surface area (TPSA) is 62.7 Å². The van der Waals surface area contributed by atoms with Gasteiger partial charge < -0.3 is 10.6 Å². The third-order valence-corrected chi connectivity index (χ3v) is 4.40. The summed E-state index contributed by atoms with van der Waals surface area (Å²) in [4.78, 5) is 13.3. The average Bonchev–Trinajstić information content (AvgIpc) is 2.78. The van der Waals surface area contributed by atoms with Gasteiger partial charge in [-0.2, -0.15) is 0 Å². The number of halogens is 1. The number of pyridine rings is 1. The quantitative estimate of drug-likeness (QED) is 0.474. The Hall–Kier alpha value is -3.80. The molecule has 5 nitrogen and oxygen atoms in total. The van der Waals surface area contributed by atoms with E-state index in [1.807, 2.05) is 54.6 Å². The van der Waals surface area contributed by atoms with Crippen molar-refractivity contribution in [3.05, 3.63) is 102 Å². The molecular weight excluding hydrogens is 365 g/mol. The Labute approximate surface area is 168 Å². The van der Waals surface area contributed by atoms with Gasteiger partial charge in [0, 0.05) is 42.7 Å². The van der Waals surface area contributed by atoms with Crippen LogP contribution in [-0.4, -0.2) is 15.0 Å². The maximum Gasteiger partial charge on any atom is 0.163 e. The van der Waals surface area contributed by atoms with E-state index in [0.717, 1.165) is 11.1 Å². The Morgan fingerprint density at radius 2 is 1.38 bits per heavy atom. The third kappa shape index (κ3) is 4.93. The van der Waals surface area contributed by atoms with Crippen molar-refractivity contribution in [3.63, 3.8) is 0 Å². The minimum absolute atomic E-state index is 0.242. The van der Waals surface area contributed by atoms with Crippen LogP contribution in [0.3, 0.4) is 0 Å². The van der Waals surface area contributed by atoms with Crippen LogP contribution < -0.4 is 10.6 Å². The number of anilines is 2. The summed E-state index contributed by atoms with van der Waals surface area (Å²) in [7, 11) is 0. The summed E-state index contributed by atoms with van der Waals surface area (Å²) in [6.07, 6.45) is 3.52. The molecule has 0 fully saturated rings. The van der Waals surface area contributed by atoms with Crippen LogP contribution in [0.15, 0.2) is 85.2 Å². The van der Waals surface area contributed by atoms with E-state index >= 15 is 0 Å². The molecule has 0 spiro atoms. The third-order valence-electron chi connectivity index (χ3n) is 4.40. The summed E-state index contributed by atoms with van der Waals surface area (Å²) >= 11 is 0. The van der Waals surface area contributed by atoms with Gasteiger partial charge >= 0.3 is 0 Å². The largest absolute Gasteiger partial charge is 0.366 e. The highest BCUT2D eigenvalue weighted by molar-refractivity contribution is 5.61. The number of nitrogens with one attached hydrogen (secondary N) is 2. The van der Waals surface area contributed by atoms with Crippen molar-refractivity contribution in [2.45, 2.75) is 13.1 Å². The molecule has 4 rings (SSSR count). The summed E-state index contributed by atoms with van der Waals surface area (Å²) < 4.78 is 13.9. The fourth-order valence-electron chi connectivity index (χ4n) is 2.87.